The van der Waals surface area contributed by atoms with Crippen molar-refractivity contribution in [2.24, 2.45) is 44.6 Å². The molecule has 0 aliphatic rings. The molecule has 3 rings (SSSR count). The molecule has 0 saturated heterocycles. The number of rotatable bonds is 22. The van der Waals surface area contributed by atoms with Crippen LogP contribution in [-0.2, 0) is 36.8 Å². The number of carbonyl (C=O) groups excluding carboxylic acids is 5. The van der Waals surface area contributed by atoms with E-state index in [1.165, 1.54) is 24.3 Å². The molecule has 0 saturated carbocycles. The lowest BCUT2D eigenvalue weighted by atomic mass is 9.99. The largest absolute Gasteiger partial charge is 0.484 e. The Morgan fingerprint density at radius 1 is 0.667 bits per heavy atom. The molecule has 14 N–H and O–H groups in total. The van der Waals surface area contributed by atoms with Crippen LogP contribution in [0.25, 0.3) is 0 Å². The summed E-state index contributed by atoms with van der Waals surface area (Å²) in [5.74, 6) is -4.01. The SMILES string of the molecule is CC(C)C[C@H](NC(=O)[C@H](Cc1ccc(N=C(N)N)cc1)NC(=O)[C@H](Cc1ccc(F)cc1)NC(=O)COc1ccccc1)C(=O)N[C@@H](CCCN=C(N)N)C(N)=O. The van der Waals surface area contributed by atoms with Gasteiger partial charge in [0.1, 0.15) is 35.7 Å². The Labute approximate surface area is 330 Å². The van der Waals surface area contributed by atoms with E-state index in [2.05, 4.69) is 31.3 Å². The van der Waals surface area contributed by atoms with Crippen molar-refractivity contribution in [3.63, 3.8) is 0 Å². The molecule has 0 fully saturated rings. The maximum Gasteiger partial charge on any atom is 0.258 e. The number of hydrogen-bond donors (Lipinski definition) is 9. The molecule has 3 aromatic rings. The predicted molar refractivity (Wildman–Crippen MR) is 214 cm³/mol. The van der Waals surface area contributed by atoms with Gasteiger partial charge in [0.2, 0.25) is 23.6 Å². The lowest BCUT2D eigenvalue weighted by Gasteiger charge is -2.27. The summed E-state index contributed by atoms with van der Waals surface area (Å²) in [6.07, 6.45) is 0.485. The van der Waals surface area contributed by atoms with Crippen molar-refractivity contribution in [1.29, 1.82) is 0 Å². The van der Waals surface area contributed by atoms with E-state index in [4.69, 9.17) is 33.4 Å². The molecule has 5 amide bonds. The maximum atomic E-state index is 14.1. The van der Waals surface area contributed by atoms with E-state index in [1.54, 1.807) is 54.6 Å². The van der Waals surface area contributed by atoms with Gasteiger partial charge in [-0.25, -0.2) is 9.38 Å². The van der Waals surface area contributed by atoms with Gasteiger partial charge in [-0.1, -0.05) is 56.3 Å². The minimum atomic E-state index is -1.30. The van der Waals surface area contributed by atoms with Crippen LogP contribution in [0.1, 0.15) is 44.2 Å². The fourth-order valence-electron chi connectivity index (χ4n) is 5.58. The number of aliphatic imine (C=N–C) groups is 2. The highest BCUT2D eigenvalue weighted by Crippen LogP contribution is 2.16. The molecule has 4 atom stereocenters. The number of hydrogen-bond acceptors (Lipinski definition) is 8. The molecule has 0 bridgehead atoms. The number of nitrogens with zero attached hydrogens (tertiary/aromatic N) is 2. The minimum Gasteiger partial charge on any atom is -0.484 e. The first kappa shape index (κ1) is 44.7. The van der Waals surface area contributed by atoms with Crippen LogP contribution in [0.15, 0.2) is 88.8 Å². The summed E-state index contributed by atoms with van der Waals surface area (Å²) in [5.41, 5.74) is 28.9. The summed E-state index contributed by atoms with van der Waals surface area (Å²) >= 11 is 0. The fourth-order valence-corrected chi connectivity index (χ4v) is 5.58. The molecule has 0 radical (unpaired) electrons. The number of ether oxygens (including phenoxy) is 1. The van der Waals surface area contributed by atoms with Gasteiger partial charge in [-0.05, 0) is 72.7 Å². The molecule has 306 valence electrons. The van der Waals surface area contributed by atoms with E-state index in [0.717, 1.165) is 0 Å². The van der Waals surface area contributed by atoms with Crippen LogP contribution in [0.4, 0.5) is 10.1 Å². The average Bonchev–Trinajstić information content (AvgIpc) is 3.15. The molecular weight excluding hydrogens is 737 g/mol. The lowest BCUT2D eigenvalue weighted by molar-refractivity contribution is -0.134. The first-order chi connectivity index (χ1) is 27.1. The number of nitrogens with two attached hydrogens (primary N) is 5. The molecule has 0 unspecified atom stereocenters. The topological polar surface area (TPSA) is 298 Å². The van der Waals surface area contributed by atoms with Crippen molar-refractivity contribution in [3.05, 3.63) is 95.8 Å². The van der Waals surface area contributed by atoms with E-state index in [1.807, 2.05) is 13.8 Å². The van der Waals surface area contributed by atoms with E-state index in [9.17, 15) is 28.4 Å². The van der Waals surface area contributed by atoms with E-state index in [-0.39, 0.29) is 50.1 Å². The average molecular weight is 790 g/mol. The molecular formula is C39H52FN11O6. The Kier molecular flexibility index (Phi) is 17.7. The normalized spacial score (nSPS) is 12.8. The zero-order valence-electron chi connectivity index (χ0n) is 32.0. The Morgan fingerprint density at radius 3 is 1.74 bits per heavy atom. The van der Waals surface area contributed by atoms with Gasteiger partial charge in [0.15, 0.2) is 18.5 Å². The van der Waals surface area contributed by atoms with E-state index < -0.39 is 66.1 Å². The predicted octanol–water partition coefficient (Wildman–Crippen LogP) is 0.119. The van der Waals surface area contributed by atoms with Crippen LogP contribution in [-0.4, -0.2) is 78.8 Å². The van der Waals surface area contributed by atoms with Gasteiger partial charge in [0.05, 0.1) is 5.69 Å². The van der Waals surface area contributed by atoms with Crippen LogP contribution < -0.4 is 54.7 Å². The van der Waals surface area contributed by atoms with Crippen molar-refractivity contribution >= 4 is 47.1 Å². The molecule has 0 aromatic heterocycles. The maximum absolute atomic E-state index is 14.1. The van der Waals surface area contributed by atoms with Crippen molar-refractivity contribution < 1.29 is 33.1 Å². The van der Waals surface area contributed by atoms with Crippen molar-refractivity contribution in [3.8, 4) is 5.75 Å². The Hall–Kier alpha value is -6.72. The van der Waals surface area contributed by atoms with Gasteiger partial charge in [0.25, 0.3) is 5.91 Å². The first-order valence-electron chi connectivity index (χ1n) is 18.3. The summed E-state index contributed by atoms with van der Waals surface area (Å²) in [5, 5.41) is 10.7. The minimum absolute atomic E-state index is 0.0686. The second-order valence-corrected chi connectivity index (χ2v) is 13.6. The smallest absolute Gasteiger partial charge is 0.258 e. The van der Waals surface area contributed by atoms with Crippen molar-refractivity contribution in [1.82, 2.24) is 21.3 Å². The number of nitrogens with one attached hydrogen (secondary N) is 4. The number of amides is 5. The second kappa shape index (κ2) is 22.6. The highest BCUT2D eigenvalue weighted by atomic mass is 19.1. The number of primary amides is 1. The standard InChI is InChI=1S/C39H52FN11O6/c1-23(2)19-30(35(54)49-29(34(41)53)9-6-18-46-38(42)43)50-37(56)32(21-25-12-16-27(17-13-25)47-39(44)45)51-36(55)31(20-24-10-14-26(40)15-11-24)48-33(52)22-57-28-7-4-3-5-8-28/h3-5,7-8,10-17,23,29-32H,6,9,18-22H2,1-2H3,(H2,41,53)(H,48,52)(H,49,54)(H,50,56)(H,51,55)(H4,42,43,46)(H4,44,45,47)/t29-,30-,31-,32-/m0/s1. The summed E-state index contributed by atoms with van der Waals surface area (Å²) in [6.45, 7) is 3.46. The molecule has 17 nitrogen and oxygen atoms in total. The third kappa shape index (κ3) is 16.7. The van der Waals surface area contributed by atoms with Crippen LogP contribution >= 0.6 is 0 Å². The van der Waals surface area contributed by atoms with Gasteiger partial charge < -0.3 is 54.7 Å². The number of guanidine groups is 2. The van der Waals surface area contributed by atoms with Gasteiger partial charge in [-0.2, -0.15) is 0 Å². The highest BCUT2D eigenvalue weighted by molar-refractivity contribution is 5.95. The Morgan fingerprint density at radius 2 is 1.19 bits per heavy atom. The lowest BCUT2D eigenvalue weighted by Crippen LogP contribution is -2.59. The van der Waals surface area contributed by atoms with Crippen molar-refractivity contribution in [2.75, 3.05) is 13.2 Å². The number of carbonyl (C=O) groups is 5. The highest BCUT2D eigenvalue weighted by Gasteiger charge is 2.32. The number of halogens is 1. The summed E-state index contributed by atoms with van der Waals surface area (Å²) < 4.78 is 19.3. The molecule has 0 heterocycles. The molecule has 57 heavy (non-hydrogen) atoms. The van der Waals surface area contributed by atoms with Gasteiger partial charge in [-0.15, -0.1) is 0 Å². The zero-order valence-corrected chi connectivity index (χ0v) is 32.0. The molecule has 3 aromatic carbocycles. The molecule has 0 aliphatic heterocycles. The van der Waals surface area contributed by atoms with Crippen LogP contribution in [0.5, 0.6) is 5.75 Å². The Bertz CT molecular complexity index is 1850. The van der Waals surface area contributed by atoms with Crippen LogP contribution in [0.3, 0.4) is 0 Å². The second-order valence-electron chi connectivity index (χ2n) is 13.6. The molecule has 18 heteroatoms. The first-order valence-corrected chi connectivity index (χ1v) is 18.3. The number of benzene rings is 3. The van der Waals surface area contributed by atoms with Crippen molar-refractivity contribution in [2.45, 2.75) is 70.1 Å². The summed E-state index contributed by atoms with van der Waals surface area (Å²) in [7, 11) is 0. The fraction of sp³-hybridized carbons (Fsp3) is 0.359. The van der Waals surface area contributed by atoms with Crippen LogP contribution in [0.2, 0.25) is 0 Å². The molecule has 0 spiro atoms. The number of para-hydroxylation sites is 1. The monoisotopic (exact) mass is 789 g/mol. The van der Waals surface area contributed by atoms with Gasteiger partial charge in [0, 0.05) is 19.4 Å². The van der Waals surface area contributed by atoms with Gasteiger partial charge >= 0.3 is 0 Å². The zero-order chi connectivity index (χ0) is 41.9. The third-order valence-corrected chi connectivity index (χ3v) is 8.33. The van der Waals surface area contributed by atoms with Gasteiger partial charge in [-0.3, -0.25) is 29.0 Å². The van der Waals surface area contributed by atoms with E-state index >= 15 is 0 Å². The summed E-state index contributed by atoms with van der Waals surface area (Å²) in [6, 6.07) is 15.7. The van der Waals surface area contributed by atoms with Crippen LogP contribution in [0, 0.1) is 11.7 Å². The molecule has 0 aliphatic carbocycles. The van der Waals surface area contributed by atoms with E-state index in [0.29, 0.717) is 29.0 Å². The quantitative estimate of drug-likeness (QED) is 0.0376. The summed E-state index contributed by atoms with van der Waals surface area (Å²) in [4.78, 5) is 75.0. The third-order valence-electron chi connectivity index (χ3n) is 8.33. The Balaban J connectivity index is 1.90.